The van der Waals surface area contributed by atoms with E-state index in [-0.39, 0.29) is 0 Å². The molecule has 1 aliphatic carbocycles. The summed E-state index contributed by atoms with van der Waals surface area (Å²) in [7, 11) is 0. The summed E-state index contributed by atoms with van der Waals surface area (Å²) in [6.45, 7) is 2.24. The number of rotatable bonds is 6. The van der Waals surface area contributed by atoms with Crippen LogP contribution in [-0.2, 0) is 0 Å². The van der Waals surface area contributed by atoms with Gasteiger partial charge in [0.15, 0.2) is 0 Å². The molecule has 0 fully saturated rings. The first kappa shape index (κ1) is 11.7. The third kappa shape index (κ3) is 3.81. The van der Waals surface area contributed by atoms with E-state index in [0.717, 1.165) is 0 Å². The Hall–Kier alpha value is -0.340. The predicted octanol–water partition coefficient (Wildman–Crippen LogP) is 2.90. The van der Waals surface area contributed by atoms with Gasteiger partial charge < -0.3 is 0 Å². The minimum Gasteiger partial charge on any atom is -0.271 e. The Labute approximate surface area is 87.9 Å². The Morgan fingerprint density at radius 2 is 2.29 bits per heavy atom. The fourth-order valence-corrected chi connectivity index (χ4v) is 2.15. The Kier molecular flexibility index (Phi) is 5.88. The largest absolute Gasteiger partial charge is 0.271 e. The maximum Gasteiger partial charge on any atom is 0.0419 e. The molecule has 0 amide bonds. The number of hydrogen-bond acceptors (Lipinski definition) is 2. The van der Waals surface area contributed by atoms with E-state index in [9.17, 15) is 0 Å². The molecule has 1 unspecified atom stereocenters. The second-order valence-corrected chi connectivity index (χ2v) is 4.24. The molecule has 0 heterocycles. The maximum atomic E-state index is 5.60. The van der Waals surface area contributed by atoms with Crippen LogP contribution < -0.4 is 11.3 Å². The van der Waals surface area contributed by atoms with Crippen LogP contribution in [0.15, 0.2) is 11.6 Å². The van der Waals surface area contributed by atoms with Gasteiger partial charge in [-0.3, -0.25) is 11.3 Å². The highest BCUT2D eigenvalue weighted by atomic mass is 15.2. The van der Waals surface area contributed by atoms with Crippen molar-refractivity contribution in [1.82, 2.24) is 5.43 Å². The second kappa shape index (κ2) is 7.02. The summed E-state index contributed by atoms with van der Waals surface area (Å²) < 4.78 is 0. The zero-order valence-electron chi connectivity index (χ0n) is 9.39. The van der Waals surface area contributed by atoms with E-state index < -0.39 is 0 Å². The SMILES string of the molecule is CCCCCC(NN)C1=CCCCC1. The highest BCUT2D eigenvalue weighted by Gasteiger charge is 2.13. The summed E-state index contributed by atoms with van der Waals surface area (Å²) in [5.41, 5.74) is 4.51. The molecule has 0 saturated heterocycles. The van der Waals surface area contributed by atoms with Crippen molar-refractivity contribution < 1.29 is 0 Å². The Balaban J connectivity index is 2.32. The standard InChI is InChI=1S/C12H24N2/c1-2-3-5-10-12(14-13)11-8-6-4-7-9-11/h8,12,14H,2-7,9-10,13H2,1H3. The van der Waals surface area contributed by atoms with E-state index in [4.69, 9.17) is 5.84 Å². The molecule has 0 bridgehead atoms. The van der Waals surface area contributed by atoms with Crippen molar-refractivity contribution in [2.24, 2.45) is 5.84 Å². The van der Waals surface area contributed by atoms with Gasteiger partial charge in [0.2, 0.25) is 0 Å². The van der Waals surface area contributed by atoms with Gasteiger partial charge in [-0.15, -0.1) is 0 Å². The minimum absolute atomic E-state index is 0.446. The smallest absolute Gasteiger partial charge is 0.0419 e. The van der Waals surface area contributed by atoms with E-state index in [2.05, 4.69) is 18.4 Å². The number of nitrogens with two attached hydrogens (primary N) is 1. The topological polar surface area (TPSA) is 38.0 Å². The molecule has 2 heteroatoms. The van der Waals surface area contributed by atoms with Gasteiger partial charge >= 0.3 is 0 Å². The second-order valence-electron chi connectivity index (χ2n) is 4.24. The first-order valence-electron chi connectivity index (χ1n) is 6.03. The third-order valence-electron chi connectivity index (χ3n) is 3.07. The van der Waals surface area contributed by atoms with Crippen LogP contribution in [0, 0.1) is 0 Å². The van der Waals surface area contributed by atoms with E-state index in [1.165, 1.54) is 51.4 Å². The van der Waals surface area contributed by atoms with Gasteiger partial charge in [-0.05, 0) is 32.1 Å². The molecule has 0 spiro atoms. The van der Waals surface area contributed by atoms with Crippen molar-refractivity contribution in [3.8, 4) is 0 Å². The first-order chi connectivity index (χ1) is 6.88. The normalized spacial score (nSPS) is 19.1. The lowest BCUT2D eigenvalue weighted by atomic mass is 9.91. The first-order valence-corrected chi connectivity index (χ1v) is 6.03. The predicted molar refractivity (Wildman–Crippen MR) is 61.8 cm³/mol. The van der Waals surface area contributed by atoms with Crippen LogP contribution in [0.3, 0.4) is 0 Å². The van der Waals surface area contributed by atoms with Crippen LogP contribution in [0.25, 0.3) is 0 Å². The summed E-state index contributed by atoms with van der Waals surface area (Å²) in [5, 5.41) is 0. The van der Waals surface area contributed by atoms with Crippen molar-refractivity contribution >= 4 is 0 Å². The lowest BCUT2D eigenvalue weighted by Crippen LogP contribution is -2.37. The minimum atomic E-state index is 0.446. The molecule has 0 aliphatic heterocycles. The molecule has 1 rings (SSSR count). The van der Waals surface area contributed by atoms with Crippen molar-refractivity contribution in [2.75, 3.05) is 0 Å². The zero-order valence-corrected chi connectivity index (χ0v) is 9.39. The molecule has 0 radical (unpaired) electrons. The van der Waals surface area contributed by atoms with Crippen LogP contribution in [0.5, 0.6) is 0 Å². The molecule has 82 valence electrons. The fourth-order valence-electron chi connectivity index (χ4n) is 2.15. The van der Waals surface area contributed by atoms with Gasteiger partial charge in [-0.2, -0.15) is 0 Å². The van der Waals surface area contributed by atoms with Crippen molar-refractivity contribution in [3.05, 3.63) is 11.6 Å². The molecular formula is C12H24N2. The zero-order chi connectivity index (χ0) is 10.2. The molecule has 0 aromatic heterocycles. The number of unbranched alkanes of at least 4 members (excludes halogenated alkanes) is 2. The summed E-state index contributed by atoms with van der Waals surface area (Å²) in [6, 6.07) is 0.446. The molecule has 0 aromatic rings. The Morgan fingerprint density at radius 3 is 2.86 bits per heavy atom. The molecule has 2 nitrogen and oxygen atoms in total. The van der Waals surface area contributed by atoms with Gasteiger partial charge in [0.1, 0.15) is 0 Å². The van der Waals surface area contributed by atoms with Crippen LogP contribution in [0.4, 0.5) is 0 Å². The van der Waals surface area contributed by atoms with Gasteiger partial charge in [0.05, 0.1) is 0 Å². The monoisotopic (exact) mass is 196 g/mol. The lowest BCUT2D eigenvalue weighted by Gasteiger charge is -2.22. The van der Waals surface area contributed by atoms with E-state index >= 15 is 0 Å². The third-order valence-corrected chi connectivity index (χ3v) is 3.07. The van der Waals surface area contributed by atoms with Crippen molar-refractivity contribution in [3.63, 3.8) is 0 Å². The molecule has 0 saturated carbocycles. The van der Waals surface area contributed by atoms with Crippen molar-refractivity contribution in [1.29, 1.82) is 0 Å². The van der Waals surface area contributed by atoms with Crippen LogP contribution in [-0.4, -0.2) is 6.04 Å². The highest BCUT2D eigenvalue weighted by molar-refractivity contribution is 5.12. The summed E-state index contributed by atoms with van der Waals surface area (Å²) in [4.78, 5) is 0. The van der Waals surface area contributed by atoms with Gasteiger partial charge in [0.25, 0.3) is 0 Å². The number of allylic oxidation sites excluding steroid dienone is 1. The quantitative estimate of drug-likeness (QED) is 0.297. The van der Waals surface area contributed by atoms with Gasteiger partial charge in [-0.1, -0.05) is 37.8 Å². The van der Waals surface area contributed by atoms with E-state index in [1.54, 1.807) is 5.57 Å². The lowest BCUT2D eigenvalue weighted by molar-refractivity contribution is 0.491. The Morgan fingerprint density at radius 1 is 1.43 bits per heavy atom. The molecule has 1 atom stereocenters. The molecule has 14 heavy (non-hydrogen) atoms. The molecule has 3 N–H and O–H groups in total. The Bertz CT molecular complexity index is 175. The van der Waals surface area contributed by atoms with E-state index in [0.29, 0.717) is 6.04 Å². The number of hydrazine groups is 1. The van der Waals surface area contributed by atoms with Gasteiger partial charge in [0, 0.05) is 6.04 Å². The highest BCUT2D eigenvalue weighted by Crippen LogP contribution is 2.22. The molecular weight excluding hydrogens is 172 g/mol. The summed E-state index contributed by atoms with van der Waals surface area (Å²) >= 11 is 0. The molecule has 0 aromatic carbocycles. The van der Waals surface area contributed by atoms with Gasteiger partial charge in [-0.25, -0.2) is 0 Å². The van der Waals surface area contributed by atoms with E-state index in [1.807, 2.05) is 0 Å². The fraction of sp³-hybridized carbons (Fsp3) is 0.833. The van der Waals surface area contributed by atoms with Crippen LogP contribution in [0.2, 0.25) is 0 Å². The number of nitrogens with one attached hydrogen (secondary N) is 1. The maximum absolute atomic E-state index is 5.60. The van der Waals surface area contributed by atoms with Crippen LogP contribution in [0.1, 0.15) is 58.3 Å². The summed E-state index contributed by atoms with van der Waals surface area (Å²) in [5.74, 6) is 5.60. The van der Waals surface area contributed by atoms with Crippen LogP contribution >= 0.6 is 0 Å². The average molecular weight is 196 g/mol. The average Bonchev–Trinajstić information content (AvgIpc) is 2.26. The van der Waals surface area contributed by atoms with Crippen molar-refractivity contribution in [2.45, 2.75) is 64.3 Å². The molecule has 1 aliphatic rings. The number of hydrogen-bond donors (Lipinski definition) is 2. The summed E-state index contributed by atoms with van der Waals surface area (Å²) in [6.07, 6.45) is 12.7.